The van der Waals surface area contributed by atoms with Gasteiger partial charge in [-0.25, -0.2) is 0 Å². The third kappa shape index (κ3) is 1.34. The molecule has 0 spiro atoms. The second kappa shape index (κ2) is 3.35. The van der Waals surface area contributed by atoms with Gasteiger partial charge in [0.05, 0.1) is 12.0 Å². The van der Waals surface area contributed by atoms with Crippen molar-refractivity contribution in [3.8, 4) is 0 Å². The number of aliphatic carboxylic acids is 1. The molecule has 0 bridgehead atoms. The minimum Gasteiger partial charge on any atom is -0.481 e. The number of Topliss-reactive ketones (excluding diaryl/α,β-unsaturated/α-hetero) is 1. The van der Waals surface area contributed by atoms with Crippen molar-refractivity contribution in [2.24, 2.45) is 11.3 Å². The molecule has 1 aliphatic carbocycles. The monoisotopic (exact) mass is 198 g/mol. The van der Waals surface area contributed by atoms with Crippen LogP contribution in [-0.4, -0.2) is 30.1 Å². The largest absolute Gasteiger partial charge is 0.481 e. The molecule has 2 fully saturated rings. The van der Waals surface area contributed by atoms with Gasteiger partial charge in [-0.3, -0.25) is 9.59 Å². The summed E-state index contributed by atoms with van der Waals surface area (Å²) in [5, 5.41) is 9.15. The van der Waals surface area contributed by atoms with E-state index in [0.29, 0.717) is 6.61 Å². The van der Waals surface area contributed by atoms with Gasteiger partial charge in [0.25, 0.3) is 0 Å². The van der Waals surface area contributed by atoms with E-state index in [2.05, 4.69) is 0 Å². The zero-order valence-corrected chi connectivity index (χ0v) is 7.99. The Labute approximate surface area is 82.2 Å². The molecule has 4 nitrogen and oxygen atoms in total. The van der Waals surface area contributed by atoms with Crippen molar-refractivity contribution in [2.45, 2.75) is 25.7 Å². The number of carbonyl (C=O) groups excluding carboxylic acids is 1. The van der Waals surface area contributed by atoms with Crippen molar-refractivity contribution in [1.82, 2.24) is 0 Å². The fraction of sp³-hybridized carbons (Fsp3) is 0.800. The Morgan fingerprint density at radius 3 is 2.64 bits per heavy atom. The molecule has 1 unspecified atom stereocenters. The summed E-state index contributed by atoms with van der Waals surface area (Å²) in [5.41, 5.74) is -0.794. The lowest BCUT2D eigenvalue weighted by atomic mass is 9.59. The lowest BCUT2D eigenvalue weighted by Crippen LogP contribution is -2.52. The second-order valence-corrected chi connectivity index (χ2v) is 4.27. The van der Waals surface area contributed by atoms with Gasteiger partial charge in [-0.15, -0.1) is 0 Å². The van der Waals surface area contributed by atoms with Crippen LogP contribution in [0.4, 0.5) is 0 Å². The van der Waals surface area contributed by atoms with Gasteiger partial charge < -0.3 is 9.84 Å². The topological polar surface area (TPSA) is 63.6 Å². The molecule has 1 aliphatic heterocycles. The van der Waals surface area contributed by atoms with Gasteiger partial charge >= 0.3 is 5.97 Å². The highest BCUT2D eigenvalue weighted by Crippen LogP contribution is 2.47. The number of hydrogen-bond donors (Lipinski definition) is 1. The molecule has 0 radical (unpaired) electrons. The normalized spacial score (nSPS) is 30.9. The highest BCUT2D eigenvalue weighted by atomic mass is 16.5. The molecule has 78 valence electrons. The Morgan fingerprint density at radius 1 is 1.50 bits per heavy atom. The van der Waals surface area contributed by atoms with Crippen LogP contribution in [0.15, 0.2) is 0 Å². The van der Waals surface area contributed by atoms with Crippen molar-refractivity contribution in [2.75, 3.05) is 13.2 Å². The van der Waals surface area contributed by atoms with E-state index >= 15 is 0 Å². The highest BCUT2D eigenvalue weighted by molar-refractivity contribution is 5.97. The molecule has 2 rings (SSSR count). The van der Waals surface area contributed by atoms with Crippen LogP contribution in [0.3, 0.4) is 0 Å². The van der Waals surface area contributed by atoms with E-state index in [9.17, 15) is 9.59 Å². The second-order valence-electron chi connectivity index (χ2n) is 4.27. The summed E-state index contributed by atoms with van der Waals surface area (Å²) in [6, 6.07) is 0. The van der Waals surface area contributed by atoms with E-state index in [-0.39, 0.29) is 24.5 Å². The first-order valence-electron chi connectivity index (χ1n) is 4.98. The minimum absolute atomic E-state index is 0.0337. The lowest BCUT2D eigenvalue weighted by Gasteiger charge is -2.44. The van der Waals surface area contributed by atoms with Crippen LogP contribution in [-0.2, 0) is 14.3 Å². The van der Waals surface area contributed by atoms with Gasteiger partial charge in [-0.05, 0) is 18.8 Å². The molecule has 1 saturated heterocycles. The Morgan fingerprint density at radius 2 is 2.21 bits per heavy atom. The third-order valence-corrected chi connectivity index (χ3v) is 3.39. The van der Waals surface area contributed by atoms with E-state index in [1.807, 2.05) is 0 Å². The maximum Gasteiger partial charge on any atom is 0.310 e. The molecule has 0 aromatic rings. The zero-order valence-electron chi connectivity index (χ0n) is 7.99. The lowest BCUT2D eigenvalue weighted by molar-refractivity contribution is -0.170. The first-order chi connectivity index (χ1) is 6.65. The summed E-state index contributed by atoms with van der Waals surface area (Å²) >= 11 is 0. The summed E-state index contributed by atoms with van der Waals surface area (Å²) in [7, 11) is 0. The van der Waals surface area contributed by atoms with E-state index in [1.165, 1.54) is 0 Å². The minimum atomic E-state index is -0.826. The molecule has 1 heterocycles. The molecule has 2 aliphatic rings. The number of carbonyl (C=O) groups is 2. The fourth-order valence-corrected chi connectivity index (χ4v) is 2.44. The van der Waals surface area contributed by atoms with Gasteiger partial charge in [0.2, 0.25) is 0 Å². The third-order valence-electron chi connectivity index (χ3n) is 3.39. The smallest absolute Gasteiger partial charge is 0.310 e. The average molecular weight is 198 g/mol. The molecular weight excluding hydrogens is 184 g/mol. The molecule has 1 saturated carbocycles. The van der Waals surface area contributed by atoms with Crippen LogP contribution in [0.25, 0.3) is 0 Å². The van der Waals surface area contributed by atoms with Crippen LogP contribution < -0.4 is 0 Å². The van der Waals surface area contributed by atoms with Crippen LogP contribution in [0.1, 0.15) is 25.7 Å². The predicted molar refractivity (Wildman–Crippen MR) is 47.9 cm³/mol. The number of ketones is 1. The molecule has 0 aromatic carbocycles. The number of carboxylic acids is 1. The summed E-state index contributed by atoms with van der Waals surface area (Å²) in [4.78, 5) is 22.1. The van der Waals surface area contributed by atoms with Crippen molar-refractivity contribution in [3.05, 3.63) is 0 Å². The predicted octanol–water partition coefficient (Wildman–Crippen LogP) is 0.847. The van der Waals surface area contributed by atoms with Gasteiger partial charge in [-0.2, -0.15) is 0 Å². The van der Waals surface area contributed by atoms with Crippen molar-refractivity contribution in [1.29, 1.82) is 0 Å². The van der Waals surface area contributed by atoms with E-state index in [4.69, 9.17) is 9.84 Å². The van der Waals surface area contributed by atoms with Gasteiger partial charge in [0.1, 0.15) is 5.78 Å². The quantitative estimate of drug-likeness (QED) is 0.714. The number of ether oxygens (including phenoxy) is 1. The Bertz CT molecular complexity index is 257. The number of rotatable bonds is 2. The molecule has 14 heavy (non-hydrogen) atoms. The summed E-state index contributed by atoms with van der Waals surface area (Å²) in [6.45, 7) is 1.22. The zero-order chi connectivity index (χ0) is 10.2. The van der Waals surface area contributed by atoms with Crippen molar-refractivity contribution < 1.29 is 19.4 Å². The molecular formula is C10H14O4. The van der Waals surface area contributed by atoms with Crippen LogP contribution in [0.5, 0.6) is 0 Å². The summed E-state index contributed by atoms with van der Waals surface area (Å²) in [6.07, 6.45) is 2.19. The molecule has 1 atom stereocenters. The van der Waals surface area contributed by atoms with Gasteiger partial charge in [0, 0.05) is 19.4 Å². The Kier molecular flexibility index (Phi) is 2.31. The van der Waals surface area contributed by atoms with Crippen LogP contribution in [0.2, 0.25) is 0 Å². The maximum absolute atomic E-state index is 11.1. The Balaban J connectivity index is 2.10. The maximum atomic E-state index is 11.1. The number of hydrogen-bond acceptors (Lipinski definition) is 3. The molecule has 1 N–H and O–H groups in total. The molecule has 4 heteroatoms. The van der Waals surface area contributed by atoms with Crippen LogP contribution in [0, 0.1) is 11.3 Å². The van der Waals surface area contributed by atoms with Gasteiger partial charge in [-0.1, -0.05) is 0 Å². The van der Waals surface area contributed by atoms with Crippen LogP contribution >= 0.6 is 0 Å². The van der Waals surface area contributed by atoms with Crippen molar-refractivity contribution >= 4 is 11.8 Å². The summed E-state index contributed by atoms with van der Waals surface area (Å²) < 4.78 is 5.27. The summed E-state index contributed by atoms with van der Waals surface area (Å²) in [5.74, 6) is -0.725. The van der Waals surface area contributed by atoms with E-state index in [1.54, 1.807) is 0 Å². The molecule has 0 amide bonds. The first-order valence-corrected chi connectivity index (χ1v) is 4.98. The fourth-order valence-electron chi connectivity index (χ4n) is 2.44. The van der Waals surface area contributed by atoms with E-state index in [0.717, 1.165) is 19.4 Å². The SMILES string of the molecule is O=C1CC(C(=O)O)(C2CCCOC2)C1. The molecule has 0 aromatic heterocycles. The Hall–Kier alpha value is -0.900. The first kappa shape index (κ1) is 9.65. The van der Waals surface area contributed by atoms with E-state index < -0.39 is 11.4 Å². The van der Waals surface area contributed by atoms with Crippen molar-refractivity contribution in [3.63, 3.8) is 0 Å². The number of carboxylic acid groups (broad SMARTS) is 1. The standard InChI is InChI=1S/C10H14O4/c11-8-4-10(5-8,9(12)13)7-2-1-3-14-6-7/h7H,1-6H2,(H,12,13). The highest BCUT2D eigenvalue weighted by Gasteiger charge is 2.55. The van der Waals surface area contributed by atoms with Gasteiger partial charge in [0.15, 0.2) is 0 Å². The average Bonchev–Trinajstić information content (AvgIpc) is 2.13.